The van der Waals surface area contributed by atoms with E-state index in [1.807, 2.05) is 6.07 Å². The second-order valence-electron chi connectivity index (χ2n) is 8.72. The fourth-order valence-corrected chi connectivity index (χ4v) is 4.08. The molecule has 0 radical (unpaired) electrons. The molecule has 0 bridgehead atoms. The number of piperidine rings is 1. The molecule has 1 aromatic carbocycles. The Morgan fingerprint density at radius 2 is 2.00 bits per heavy atom. The molecule has 2 aromatic heterocycles. The zero-order valence-electron chi connectivity index (χ0n) is 19.7. The van der Waals surface area contributed by atoms with Crippen LogP contribution >= 0.6 is 0 Å². The average Bonchev–Trinajstić information content (AvgIpc) is 2.84. The van der Waals surface area contributed by atoms with Gasteiger partial charge in [-0.05, 0) is 49.2 Å². The number of carbonyl (C=O) groups is 2. The van der Waals surface area contributed by atoms with Crippen LogP contribution in [0.1, 0.15) is 33.7 Å². The maximum Gasteiger partial charge on any atom is 0.276 e. The van der Waals surface area contributed by atoms with Crippen molar-refractivity contribution in [3.8, 4) is 11.3 Å². The molecule has 10 heteroatoms. The van der Waals surface area contributed by atoms with Crippen LogP contribution in [0.15, 0.2) is 48.8 Å². The van der Waals surface area contributed by atoms with Gasteiger partial charge in [-0.2, -0.15) is 0 Å². The van der Waals surface area contributed by atoms with E-state index in [1.165, 1.54) is 35.2 Å². The highest BCUT2D eigenvalue weighted by Gasteiger charge is 2.22. The van der Waals surface area contributed by atoms with E-state index in [0.717, 1.165) is 25.1 Å². The molecule has 0 spiro atoms. The molecule has 1 aliphatic heterocycles. The van der Waals surface area contributed by atoms with E-state index < -0.39 is 11.7 Å². The number of anilines is 3. The molecule has 5 N–H and O–H groups in total. The highest BCUT2D eigenvalue weighted by atomic mass is 19.1. The van der Waals surface area contributed by atoms with Gasteiger partial charge in [-0.3, -0.25) is 14.6 Å². The molecule has 2 amide bonds. The number of carbonyl (C=O) groups excluding carboxylic acids is 2. The molecule has 1 saturated heterocycles. The van der Waals surface area contributed by atoms with Crippen LogP contribution in [0.4, 0.5) is 21.5 Å². The molecule has 0 aliphatic carbocycles. The SMILES string of the molecule is CN(C)C(=O)c1ccc(F)c(-c2ccc(N)c(C(=O)Nc3cnccc3N3CCC[C@H](N)C3)n2)c1. The van der Waals surface area contributed by atoms with Gasteiger partial charge in [0.1, 0.15) is 5.82 Å². The fourth-order valence-electron chi connectivity index (χ4n) is 4.08. The summed E-state index contributed by atoms with van der Waals surface area (Å²) >= 11 is 0. The Morgan fingerprint density at radius 3 is 2.74 bits per heavy atom. The van der Waals surface area contributed by atoms with E-state index in [9.17, 15) is 14.0 Å². The summed E-state index contributed by atoms with van der Waals surface area (Å²) in [5.74, 6) is -1.40. The predicted octanol–water partition coefficient (Wildman–Crippen LogP) is 2.75. The van der Waals surface area contributed by atoms with Crippen molar-refractivity contribution < 1.29 is 14.0 Å². The first kappa shape index (κ1) is 24.1. The van der Waals surface area contributed by atoms with Crippen molar-refractivity contribution in [2.45, 2.75) is 18.9 Å². The summed E-state index contributed by atoms with van der Waals surface area (Å²) in [5, 5.41) is 2.84. The van der Waals surface area contributed by atoms with Gasteiger partial charge in [-0.15, -0.1) is 0 Å². The number of nitrogens with zero attached hydrogens (tertiary/aromatic N) is 4. The number of benzene rings is 1. The third-order valence-corrected chi connectivity index (χ3v) is 5.88. The Morgan fingerprint density at radius 1 is 1.20 bits per heavy atom. The van der Waals surface area contributed by atoms with Gasteiger partial charge in [-0.25, -0.2) is 9.37 Å². The molecule has 1 fully saturated rings. The summed E-state index contributed by atoms with van der Waals surface area (Å²) in [6.07, 6.45) is 5.12. The number of aromatic nitrogens is 2. The van der Waals surface area contributed by atoms with Crippen LogP contribution < -0.4 is 21.7 Å². The van der Waals surface area contributed by atoms with Gasteiger partial charge < -0.3 is 26.6 Å². The number of pyridine rings is 2. The zero-order valence-corrected chi connectivity index (χ0v) is 19.7. The van der Waals surface area contributed by atoms with Gasteiger partial charge in [0.2, 0.25) is 0 Å². The van der Waals surface area contributed by atoms with Gasteiger partial charge >= 0.3 is 0 Å². The minimum atomic E-state index is -0.570. The molecule has 1 atom stereocenters. The Bertz CT molecular complexity index is 1260. The minimum absolute atomic E-state index is 0.0551. The molecule has 4 rings (SSSR count). The largest absolute Gasteiger partial charge is 0.397 e. The van der Waals surface area contributed by atoms with Crippen LogP contribution in [-0.4, -0.2) is 59.9 Å². The monoisotopic (exact) mass is 477 g/mol. The molecule has 0 saturated carbocycles. The molecule has 3 aromatic rings. The average molecular weight is 478 g/mol. The van der Waals surface area contributed by atoms with Gasteiger partial charge in [0.25, 0.3) is 11.8 Å². The smallest absolute Gasteiger partial charge is 0.276 e. The summed E-state index contributed by atoms with van der Waals surface area (Å²) in [5.41, 5.74) is 14.2. The van der Waals surface area contributed by atoms with E-state index in [1.54, 1.807) is 26.5 Å². The number of hydrogen-bond donors (Lipinski definition) is 3. The van der Waals surface area contributed by atoms with Gasteiger partial charge in [-0.1, -0.05) is 0 Å². The Kier molecular flexibility index (Phi) is 6.92. The summed E-state index contributed by atoms with van der Waals surface area (Å²) < 4.78 is 14.7. The zero-order chi connectivity index (χ0) is 25.1. The summed E-state index contributed by atoms with van der Waals surface area (Å²) in [6, 6.07) is 8.90. The summed E-state index contributed by atoms with van der Waals surface area (Å²) in [4.78, 5) is 37.5. The second kappa shape index (κ2) is 10.1. The normalized spacial score (nSPS) is 15.5. The summed E-state index contributed by atoms with van der Waals surface area (Å²) in [6.45, 7) is 1.49. The number of nitrogen functional groups attached to an aromatic ring is 1. The predicted molar refractivity (Wildman–Crippen MR) is 134 cm³/mol. The van der Waals surface area contributed by atoms with Crippen molar-refractivity contribution >= 4 is 28.9 Å². The van der Waals surface area contributed by atoms with Gasteiger partial charge in [0.15, 0.2) is 5.69 Å². The third-order valence-electron chi connectivity index (χ3n) is 5.88. The van der Waals surface area contributed by atoms with Crippen LogP contribution in [0.25, 0.3) is 11.3 Å². The van der Waals surface area contributed by atoms with E-state index in [-0.39, 0.29) is 34.6 Å². The highest BCUT2D eigenvalue weighted by Crippen LogP contribution is 2.29. The molecule has 35 heavy (non-hydrogen) atoms. The van der Waals surface area contributed by atoms with Crippen molar-refractivity contribution in [2.75, 3.05) is 43.1 Å². The third kappa shape index (κ3) is 5.22. The standard InChI is InChI=1S/C25H28FN7O2/c1-32(2)25(35)15-5-6-18(26)17(12-15)20-8-7-19(28)23(30-20)24(34)31-21-13-29-10-9-22(21)33-11-3-4-16(27)14-33/h5-10,12-13,16H,3-4,11,14,27-28H2,1-2H3,(H,31,34)/t16-/m0/s1. The molecule has 1 aliphatic rings. The number of nitrogens with one attached hydrogen (secondary N) is 1. The van der Waals surface area contributed by atoms with Crippen LogP contribution in [0.2, 0.25) is 0 Å². The van der Waals surface area contributed by atoms with Crippen molar-refractivity contribution in [3.63, 3.8) is 0 Å². The molecule has 182 valence electrons. The maximum atomic E-state index is 14.7. The minimum Gasteiger partial charge on any atom is -0.397 e. The first-order valence-corrected chi connectivity index (χ1v) is 11.3. The number of rotatable bonds is 5. The van der Waals surface area contributed by atoms with Crippen molar-refractivity contribution in [2.24, 2.45) is 5.73 Å². The molecule has 3 heterocycles. The Hall–Kier alpha value is -4.05. The van der Waals surface area contributed by atoms with E-state index >= 15 is 0 Å². The summed E-state index contributed by atoms with van der Waals surface area (Å²) in [7, 11) is 3.22. The molecule has 9 nitrogen and oxygen atoms in total. The van der Waals surface area contributed by atoms with E-state index in [4.69, 9.17) is 11.5 Å². The first-order valence-electron chi connectivity index (χ1n) is 11.3. The van der Waals surface area contributed by atoms with Gasteiger partial charge in [0.05, 0.1) is 29.0 Å². The van der Waals surface area contributed by atoms with Crippen LogP contribution in [0.5, 0.6) is 0 Å². The molecule has 0 unspecified atom stereocenters. The lowest BCUT2D eigenvalue weighted by atomic mass is 10.0. The highest BCUT2D eigenvalue weighted by molar-refractivity contribution is 6.08. The first-order chi connectivity index (χ1) is 16.7. The molecular weight excluding hydrogens is 449 g/mol. The molecular formula is C25H28FN7O2. The lowest BCUT2D eigenvalue weighted by Gasteiger charge is -2.33. The lowest BCUT2D eigenvalue weighted by Crippen LogP contribution is -2.43. The second-order valence-corrected chi connectivity index (χ2v) is 8.72. The quantitative estimate of drug-likeness (QED) is 0.515. The number of nitrogens with two attached hydrogens (primary N) is 2. The fraction of sp³-hybridized carbons (Fsp3) is 0.280. The number of halogens is 1. The number of hydrogen-bond acceptors (Lipinski definition) is 7. The van der Waals surface area contributed by atoms with Crippen LogP contribution in [0.3, 0.4) is 0 Å². The van der Waals surface area contributed by atoms with Crippen molar-refractivity contribution in [1.29, 1.82) is 0 Å². The van der Waals surface area contributed by atoms with Crippen molar-refractivity contribution in [3.05, 3.63) is 65.9 Å². The van der Waals surface area contributed by atoms with Crippen molar-refractivity contribution in [1.82, 2.24) is 14.9 Å². The van der Waals surface area contributed by atoms with Gasteiger partial charge in [0, 0.05) is 50.6 Å². The number of amides is 2. The topological polar surface area (TPSA) is 130 Å². The van der Waals surface area contributed by atoms with E-state index in [0.29, 0.717) is 17.8 Å². The van der Waals surface area contributed by atoms with E-state index in [2.05, 4.69) is 20.2 Å². The Labute approximate surface area is 203 Å². The maximum absolute atomic E-state index is 14.7. The van der Waals surface area contributed by atoms with Crippen LogP contribution in [-0.2, 0) is 0 Å². The van der Waals surface area contributed by atoms with Crippen LogP contribution in [0, 0.1) is 5.82 Å². The lowest BCUT2D eigenvalue weighted by molar-refractivity contribution is 0.0827. The Balaban J connectivity index is 1.64.